The summed E-state index contributed by atoms with van der Waals surface area (Å²) in [6.07, 6.45) is 14.9. The maximum Gasteiger partial charge on any atom is 0.337 e. The van der Waals surface area contributed by atoms with Crippen LogP contribution in [0.25, 0.3) is 0 Å². The lowest BCUT2D eigenvalue weighted by Gasteiger charge is -2.23. The first-order chi connectivity index (χ1) is 14.5. The van der Waals surface area contributed by atoms with Gasteiger partial charge >= 0.3 is 11.9 Å². The minimum absolute atomic E-state index is 0.230. The standard InChI is InChI=1S/C24H18N2O4/c27-23(28)19-5-1-3-7-21(19)25-13-9-17(10-14-25)18-11-15-26(16-12-18)22-8-4-2-6-20(22)24(29)30/h1-16H,(H,27,28)(H,29,30). The molecule has 4 rings (SSSR count). The summed E-state index contributed by atoms with van der Waals surface area (Å²) in [7, 11) is 0. The second-order valence-corrected chi connectivity index (χ2v) is 6.63. The molecule has 0 saturated heterocycles. The monoisotopic (exact) mass is 398 g/mol. The molecule has 0 unspecified atom stereocenters. The molecule has 2 aliphatic heterocycles. The van der Waals surface area contributed by atoms with Crippen LogP contribution in [0.1, 0.15) is 20.7 Å². The molecule has 0 amide bonds. The second-order valence-electron chi connectivity index (χ2n) is 6.63. The number of aromatic carboxylic acids is 2. The van der Waals surface area contributed by atoms with E-state index in [9.17, 15) is 19.8 Å². The lowest BCUT2D eigenvalue weighted by atomic mass is 10.0. The van der Waals surface area contributed by atoms with Crippen LogP contribution in [-0.2, 0) is 0 Å². The summed E-state index contributed by atoms with van der Waals surface area (Å²) in [6, 6.07) is 13.7. The molecular formula is C24H18N2O4. The van der Waals surface area contributed by atoms with Gasteiger partial charge in [-0.05, 0) is 59.7 Å². The Bertz CT molecular complexity index is 1050. The molecule has 2 aromatic rings. The van der Waals surface area contributed by atoms with Crippen LogP contribution in [0.2, 0.25) is 0 Å². The van der Waals surface area contributed by atoms with Crippen LogP contribution < -0.4 is 9.80 Å². The summed E-state index contributed by atoms with van der Waals surface area (Å²) >= 11 is 0. The van der Waals surface area contributed by atoms with E-state index in [0.717, 1.165) is 11.1 Å². The fourth-order valence-electron chi connectivity index (χ4n) is 3.32. The van der Waals surface area contributed by atoms with Crippen molar-refractivity contribution in [1.29, 1.82) is 0 Å². The molecule has 2 aliphatic rings. The van der Waals surface area contributed by atoms with Gasteiger partial charge in [-0.2, -0.15) is 0 Å². The van der Waals surface area contributed by atoms with Crippen molar-refractivity contribution in [3.8, 4) is 0 Å². The summed E-state index contributed by atoms with van der Waals surface area (Å²) in [6.45, 7) is 0. The fourth-order valence-corrected chi connectivity index (χ4v) is 3.32. The molecule has 2 N–H and O–H groups in total. The summed E-state index contributed by atoms with van der Waals surface area (Å²) in [5.74, 6) is -1.95. The first kappa shape index (κ1) is 19.0. The van der Waals surface area contributed by atoms with E-state index in [1.54, 1.807) is 58.3 Å². The molecule has 2 heterocycles. The molecule has 30 heavy (non-hydrogen) atoms. The highest BCUT2D eigenvalue weighted by Gasteiger charge is 2.16. The molecule has 0 fully saturated rings. The predicted octanol–water partition coefficient (Wildman–Crippen LogP) is 4.77. The Morgan fingerprint density at radius 2 is 0.900 bits per heavy atom. The van der Waals surface area contributed by atoms with Crippen molar-refractivity contribution in [1.82, 2.24) is 0 Å². The molecule has 0 bridgehead atoms. The number of carboxylic acid groups (broad SMARTS) is 2. The summed E-state index contributed by atoms with van der Waals surface area (Å²) in [4.78, 5) is 26.4. The normalized spacial score (nSPS) is 15.1. The largest absolute Gasteiger partial charge is 0.478 e. The lowest BCUT2D eigenvalue weighted by Crippen LogP contribution is -2.15. The van der Waals surface area contributed by atoms with Crippen LogP contribution >= 0.6 is 0 Å². The van der Waals surface area contributed by atoms with Crippen molar-refractivity contribution in [3.05, 3.63) is 120 Å². The molecule has 148 valence electrons. The smallest absolute Gasteiger partial charge is 0.337 e. The average Bonchev–Trinajstić information content (AvgIpc) is 2.79. The zero-order chi connectivity index (χ0) is 21.1. The van der Waals surface area contributed by atoms with Crippen molar-refractivity contribution >= 4 is 23.3 Å². The number of anilines is 2. The van der Waals surface area contributed by atoms with E-state index in [1.807, 2.05) is 49.1 Å². The van der Waals surface area contributed by atoms with Gasteiger partial charge in [0.25, 0.3) is 0 Å². The Hall–Kier alpha value is -4.32. The average molecular weight is 398 g/mol. The SMILES string of the molecule is O=C(O)c1ccccc1N1C=CC(=C2C=CN(c3ccccc3C(=O)O)C=C2)C=C1. The third kappa shape index (κ3) is 3.66. The molecule has 0 saturated carbocycles. The summed E-state index contributed by atoms with van der Waals surface area (Å²) in [5.41, 5.74) is 3.55. The number of benzene rings is 2. The van der Waals surface area contributed by atoms with Crippen LogP contribution in [0.5, 0.6) is 0 Å². The van der Waals surface area contributed by atoms with Crippen LogP contribution in [0, 0.1) is 0 Å². The molecule has 6 nitrogen and oxygen atoms in total. The highest BCUT2D eigenvalue weighted by atomic mass is 16.4. The second kappa shape index (κ2) is 7.97. The van der Waals surface area contributed by atoms with Gasteiger partial charge in [0, 0.05) is 24.8 Å². The van der Waals surface area contributed by atoms with E-state index in [2.05, 4.69) is 0 Å². The van der Waals surface area contributed by atoms with E-state index in [4.69, 9.17) is 0 Å². The Morgan fingerprint density at radius 3 is 1.23 bits per heavy atom. The van der Waals surface area contributed by atoms with E-state index >= 15 is 0 Å². The Labute approximate surface area is 173 Å². The number of para-hydroxylation sites is 2. The fraction of sp³-hybridized carbons (Fsp3) is 0. The first-order valence-corrected chi connectivity index (χ1v) is 9.23. The van der Waals surface area contributed by atoms with E-state index in [1.165, 1.54) is 0 Å². The van der Waals surface area contributed by atoms with Crippen LogP contribution in [0.3, 0.4) is 0 Å². The number of nitrogens with zero attached hydrogens (tertiary/aromatic N) is 2. The lowest BCUT2D eigenvalue weighted by molar-refractivity contribution is 0.0687. The third-order valence-corrected chi connectivity index (χ3v) is 4.82. The minimum atomic E-state index is -0.976. The van der Waals surface area contributed by atoms with Crippen molar-refractivity contribution in [2.75, 3.05) is 9.80 Å². The van der Waals surface area contributed by atoms with Gasteiger partial charge in [-0.3, -0.25) is 0 Å². The summed E-state index contributed by atoms with van der Waals surface area (Å²) in [5, 5.41) is 18.8. The zero-order valence-electron chi connectivity index (χ0n) is 15.8. The quantitative estimate of drug-likeness (QED) is 0.772. The Balaban J connectivity index is 1.56. The molecule has 0 aromatic heterocycles. The van der Waals surface area contributed by atoms with Crippen LogP contribution in [-0.4, -0.2) is 22.2 Å². The van der Waals surface area contributed by atoms with Crippen molar-refractivity contribution < 1.29 is 19.8 Å². The molecule has 0 atom stereocenters. The number of carbonyl (C=O) groups is 2. The van der Waals surface area contributed by atoms with E-state index in [-0.39, 0.29) is 11.1 Å². The van der Waals surface area contributed by atoms with E-state index in [0.29, 0.717) is 11.4 Å². The third-order valence-electron chi connectivity index (χ3n) is 4.82. The molecule has 2 aromatic carbocycles. The minimum Gasteiger partial charge on any atom is -0.478 e. The van der Waals surface area contributed by atoms with Gasteiger partial charge < -0.3 is 20.0 Å². The van der Waals surface area contributed by atoms with Crippen LogP contribution in [0.4, 0.5) is 11.4 Å². The van der Waals surface area contributed by atoms with Crippen LogP contribution in [0.15, 0.2) is 109 Å². The molecule has 0 aliphatic carbocycles. The number of rotatable bonds is 4. The Kier molecular flexibility index (Phi) is 5.05. The number of allylic oxidation sites excluding steroid dienone is 6. The maximum atomic E-state index is 11.4. The van der Waals surface area contributed by atoms with Gasteiger partial charge in [0.2, 0.25) is 0 Å². The van der Waals surface area contributed by atoms with Crippen molar-refractivity contribution in [2.24, 2.45) is 0 Å². The molecule has 6 heteroatoms. The van der Waals surface area contributed by atoms with Crippen molar-refractivity contribution in [3.63, 3.8) is 0 Å². The number of carboxylic acids is 2. The highest BCUT2D eigenvalue weighted by Crippen LogP contribution is 2.28. The molecular weight excluding hydrogens is 380 g/mol. The van der Waals surface area contributed by atoms with Gasteiger partial charge in [-0.1, -0.05) is 24.3 Å². The van der Waals surface area contributed by atoms with Gasteiger partial charge in [-0.25, -0.2) is 9.59 Å². The predicted molar refractivity (Wildman–Crippen MR) is 115 cm³/mol. The summed E-state index contributed by atoms with van der Waals surface area (Å²) < 4.78 is 0. The first-order valence-electron chi connectivity index (χ1n) is 9.23. The Morgan fingerprint density at radius 1 is 0.567 bits per heavy atom. The van der Waals surface area contributed by atoms with Crippen molar-refractivity contribution in [2.45, 2.75) is 0 Å². The van der Waals surface area contributed by atoms with Gasteiger partial charge in [-0.15, -0.1) is 0 Å². The number of hydrogen-bond donors (Lipinski definition) is 2. The molecule has 0 radical (unpaired) electrons. The van der Waals surface area contributed by atoms with E-state index < -0.39 is 11.9 Å². The van der Waals surface area contributed by atoms with Gasteiger partial charge in [0.05, 0.1) is 22.5 Å². The highest BCUT2D eigenvalue weighted by molar-refractivity contribution is 5.95. The van der Waals surface area contributed by atoms with Gasteiger partial charge in [0.1, 0.15) is 0 Å². The molecule has 0 spiro atoms. The number of hydrogen-bond acceptors (Lipinski definition) is 4. The maximum absolute atomic E-state index is 11.4. The topological polar surface area (TPSA) is 81.1 Å². The zero-order valence-corrected chi connectivity index (χ0v) is 15.8. The van der Waals surface area contributed by atoms with Gasteiger partial charge in [0.15, 0.2) is 0 Å².